The Balaban J connectivity index is 2.50. The third-order valence-corrected chi connectivity index (χ3v) is 3.57. The second-order valence-electron chi connectivity index (χ2n) is 5.50. The van der Waals surface area contributed by atoms with E-state index in [1.807, 2.05) is 6.92 Å². The molecule has 1 N–H and O–H groups in total. The van der Waals surface area contributed by atoms with E-state index in [-0.39, 0.29) is 5.91 Å². The minimum Gasteiger partial charge on any atom is -0.390 e. The van der Waals surface area contributed by atoms with Crippen molar-refractivity contribution in [2.75, 3.05) is 32.7 Å². The molecule has 1 amide bonds. The van der Waals surface area contributed by atoms with E-state index in [1.165, 1.54) is 0 Å². The minimum atomic E-state index is -0.584. The summed E-state index contributed by atoms with van der Waals surface area (Å²) in [4.78, 5) is 16.1. The van der Waals surface area contributed by atoms with E-state index in [0.717, 1.165) is 32.4 Å². The van der Waals surface area contributed by atoms with Crippen LogP contribution in [-0.4, -0.2) is 59.1 Å². The monoisotopic (exact) mass is 266 g/mol. The van der Waals surface area contributed by atoms with Crippen LogP contribution in [0.2, 0.25) is 0 Å². The van der Waals surface area contributed by atoms with Gasteiger partial charge in [-0.2, -0.15) is 0 Å². The van der Waals surface area contributed by atoms with Crippen LogP contribution in [0.3, 0.4) is 0 Å². The van der Waals surface area contributed by atoms with Gasteiger partial charge in [-0.1, -0.05) is 12.2 Å². The van der Waals surface area contributed by atoms with Gasteiger partial charge in [0.1, 0.15) is 0 Å². The Bertz CT molecular complexity index is 316. The number of carbonyl (C=O) groups excluding carboxylic acids is 1. The number of amides is 1. The summed E-state index contributed by atoms with van der Waals surface area (Å²) in [7, 11) is 0. The highest BCUT2D eigenvalue weighted by atomic mass is 16.3. The van der Waals surface area contributed by atoms with Crippen molar-refractivity contribution in [2.45, 2.75) is 31.8 Å². The number of rotatable bonds is 6. The summed E-state index contributed by atoms with van der Waals surface area (Å²) in [6.07, 6.45) is 5.93. The summed E-state index contributed by atoms with van der Waals surface area (Å²) < 4.78 is 0. The van der Waals surface area contributed by atoms with Crippen molar-refractivity contribution in [2.24, 2.45) is 0 Å². The molecule has 1 fully saturated rings. The van der Waals surface area contributed by atoms with Crippen LogP contribution < -0.4 is 0 Å². The summed E-state index contributed by atoms with van der Waals surface area (Å²) in [5.74, 6) is 0.0985. The third-order valence-electron chi connectivity index (χ3n) is 3.57. The highest BCUT2D eigenvalue weighted by Gasteiger charge is 2.26. The van der Waals surface area contributed by atoms with Crippen molar-refractivity contribution in [3.05, 3.63) is 25.3 Å². The van der Waals surface area contributed by atoms with Gasteiger partial charge in [0, 0.05) is 19.6 Å². The van der Waals surface area contributed by atoms with Crippen molar-refractivity contribution < 1.29 is 9.90 Å². The van der Waals surface area contributed by atoms with E-state index in [2.05, 4.69) is 18.1 Å². The Morgan fingerprint density at radius 2 is 1.95 bits per heavy atom. The van der Waals surface area contributed by atoms with E-state index in [9.17, 15) is 9.90 Å². The van der Waals surface area contributed by atoms with E-state index < -0.39 is 5.60 Å². The summed E-state index contributed by atoms with van der Waals surface area (Å²) in [6, 6.07) is 0. The molecule has 0 aromatic rings. The predicted molar refractivity (Wildman–Crippen MR) is 77.9 cm³/mol. The van der Waals surface area contributed by atoms with E-state index in [1.54, 1.807) is 17.1 Å². The van der Waals surface area contributed by atoms with E-state index in [0.29, 0.717) is 19.6 Å². The van der Waals surface area contributed by atoms with Crippen LogP contribution >= 0.6 is 0 Å². The Kier molecular flexibility index (Phi) is 6.25. The zero-order valence-electron chi connectivity index (χ0n) is 12.0. The van der Waals surface area contributed by atoms with Crippen molar-refractivity contribution in [1.82, 2.24) is 9.80 Å². The quantitative estimate of drug-likeness (QED) is 0.740. The molecule has 19 heavy (non-hydrogen) atoms. The topological polar surface area (TPSA) is 43.8 Å². The first-order chi connectivity index (χ1) is 8.98. The zero-order chi connectivity index (χ0) is 14.3. The van der Waals surface area contributed by atoms with Crippen LogP contribution in [0.5, 0.6) is 0 Å². The Morgan fingerprint density at radius 3 is 2.53 bits per heavy atom. The molecule has 1 aliphatic heterocycles. The van der Waals surface area contributed by atoms with Gasteiger partial charge in [0.05, 0.1) is 12.1 Å². The fourth-order valence-corrected chi connectivity index (χ4v) is 2.36. The molecule has 0 saturated carbocycles. The van der Waals surface area contributed by atoms with Gasteiger partial charge >= 0.3 is 0 Å². The molecule has 4 nitrogen and oxygen atoms in total. The van der Waals surface area contributed by atoms with Gasteiger partial charge in [-0.05, 0) is 32.7 Å². The fourth-order valence-electron chi connectivity index (χ4n) is 2.36. The predicted octanol–water partition coefficient (Wildman–Crippen LogP) is 1.42. The van der Waals surface area contributed by atoms with Gasteiger partial charge < -0.3 is 10.0 Å². The molecule has 0 aromatic heterocycles. The lowest BCUT2D eigenvalue weighted by Crippen LogP contribution is -2.41. The van der Waals surface area contributed by atoms with E-state index in [4.69, 9.17) is 0 Å². The van der Waals surface area contributed by atoms with Gasteiger partial charge in [-0.25, -0.2) is 0 Å². The molecule has 0 radical (unpaired) electrons. The Hall–Kier alpha value is -1.13. The van der Waals surface area contributed by atoms with Gasteiger partial charge in [-0.15, -0.1) is 13.2 Å². The number of aliphatic hydroxyl groups is 1. The standard InChI is InChI=1S/C15H26N2O2/c1-4-9-17(10-5-2)14(18)13-16-11-6-7-15(3,19)8-12-16/h4-5,19H,1-2,6-13H2,3H3. The van der Waals surface area contributed by atoms with Gasteiger partial charge in [0.15, 0.2) is 0 Å². The van der Waals surface area contributed by atoms with Crippen molar-refractivity contribution in [3.63, 3.8) is 0 Å². The van der Waals surface area contributed by atoms with Crippen molar-refractivity contribution >= 4 is 5.91 Å². The molecule has 0 aromatic carbocycles. The summed E-state index contributed by atoms with van der Waals surface area (Å²) >= 11 is 0. The first-order valence-electron chi connectivity index (χ1n) is 6.93. The molecule has 0 aliphatic carbocycles. The molecule has 1 unspecified atom stereocenters. The highest BCUT2D eigenvalue weighted by Crippen LogP contribution is 2.21. The average Bonchev–Trinajstić information content (AvgIpc) is 2.51. The summed E-state index contributed by atoms with van der Waals surface area (Å²) in [5, 5.41) is 10.0. The highest BCUT2D eigenvalue weighted by molar-refractivity contribution is 5.78. The first-order valence-corrected chi connectivity index (χ1v) is 6.93. The molecule has 108 valence electrons. The van der Waals surface area contributed by atoms with Crippen molar-refractivity contribution in [1.29, 1.82) is 0 Å². The molecule has 0 bridgehead atoms. The Morgan fingerprint density at radius 1 is 1.32 bits per heavy atom. The molecule has 1 saturated heterocycles. The number of hydrogen-bond donors (Lipinski definition) is 1. The number of hydrogen-bond acceptors (Lipinski definition) is 3. The molecule has 1 atom stereocenters. The second kappa shape index (κ2) is 7.46. The smallest absolute Gasteiger partial charge is 0.237 e. The molecule has 1 rings (SSSR count). The third kappa shape index (κ3) is 5.57. The number of carbonyl (C=O) groups is 1. The summed E-state index contributed by atoms with van der Waals surface area (Å²) in [5.41, 5.74) is -0.584. The maximum absolute atomic E-state index is 12.2. The van der Waals surface area contributed by atoms with Crippen LogP contribution in [0, 0.1) is 0 Å². The van der Waals surface area contributed by atoms with Gasteiger partial charge in [-0.3, -0.25) is 9.69 Å². The first kappa shape index (κ1) is 15.9. The maximum Gasteiger partial charge on any atom is 0.237 e. The SMILES string of the molecule is C=CCN(CC=C)C(=O)CN1CCCC(C)(O)CC1. The molecule has 1 aliphatic rings. The van der Waals surface area contributed by atoms with Crippen LogP contribution in [0.1, 0.15) is 26.2 Å². The molecular weight excluding hydrogens is 240 g/mol. The van der Waals surface area contributed by atoms with Crippen LogP contribution in [-0.2, 0) is 4.79 Å². The van der Waals surface area contributed by atoms with Crippen LogP contribution in [0.15, 0.2) is 25.3 Å². The zero-order valence-corrected chi connectivity index (χ0v) is 12.0. The Labute approximate surface area is 116 Å². The van der Waals surface area contributed by atoms with Crippen molar-refractivity contribution in [3.8, 4) is 0 Å². The largest absolute Gasteiger partial charge is 0.390 e. The molecular formula is C15H26N2O2. The normalized spacial score (nSPS) is 24.5. The lowest BCUT2D eigenvalue weighted by molar-refractivity contribution is -0.131. The fraction of sp³-hybridized carbons (Fsp3) is 0.667. The molecule has 4 heteroatoms. The number of nitrogens with zero attached hydrogens (tertiary/aromatic N) is 2. The molecule has 1 heterocycles. The minimum absolute atomic E-state index is 0.0985. The maximum atomic E-state index is 12.2. The van der Waals surface area contributed by atoms with Crippen LogP contribution in [0.4, 0.5) is 0 Å². The lowest BCUT2D eigenvalue weighted by Gasteiger charge is -2.25. The average molecular weight is 266 g/mol. The molecule has 0 spiro atoms. The van der Waals surface area contributed by atoms with Gasteiger partial charge in [0.2, 0.25) is 5.91 Å². The van der Waals surface area contributed by atoms with Gasteiger partial charge in [0.25, 0.3) is 0 Å². The summed E-state index contributed by atoms with van der Waals surface area (Å²) in [6.45, 7) is 12.4. The van der Waals surface area contributed by atoms with E-state index >= 15 is 0 Å². The number of likely N-dealkylation sites (tertiary alicyclic amines) is 1. The van der Waals surface area contributed by atoms with Crippen LogP contribution in [0.25, 0.3) is 0 Å². The second-order valence-corrected chi connectivity index (χ2v) is 5.50. The lowest BCUT2D eigenvalue weighted by atomic mass is 9.98.